The van der Waals surface area contributed by atoms with Gasteiger partial charge in [-0.25, -0.2) is 4.79 Å². The predicted molar refractivity (Wildman–Crippen MR) is 70.5 cm³/mol. The Labute approximate surface area is 112 Å². The Morgan fingerprint density at radius 1 is 1.35 bits per heavy atom. The zero-order valence-corrected chi connectivity index (χ0v) is 10.7. The van der Waals surface area contributed by atoms with E-state index in [2.05, 4.69) is 0 Å². The van der Waals surface area contributed by atoms with E-state index in [0.717, 1.165) is 6.20 Å². The molecule has 1 N–H and O–H groups in total. The van der Waals surface area contributed by atoms with Crippen molar-refractivity contribution in [3.8, 4) is 5.75 Å². The van der Waals surface area contributed by atoms with Gasteiger partial charge in [-0.2, -0.15) is 4.39 Å². The maximum absolute atomic E-state index is 13.7. The van der Waals surface area contributed by atoms with Crippen molar-refractivity contribution in [1.29, 1.82) is 0 Å². The van der Waals surface area contributed by atoms with Crippen LogP contribution >= 0.6 is 0 Å². The van der Waals surface area contributed by atoms with Gasteiger partial charge in [-0.1, -0.05) is 6.07 Å². The molecule has 0 saturated heterocycles. The first-order valence-electron chi connectivity index (χ1n) is 5.88. The fourth-order valence-corrected chi connectivity index (χ4v) is 2.35. The number of rotatable bonds is 1. The molecular weight excluding hydrogens is 265 g/mol. The maximum atomic E-state index is 13.7. The zero-order valence-electron chi connectivity index (χ0n) is 10.7. The highest BCUT2D eigenvalue weighted by Gasteiger charge is 2.24. The molecule has 5 nitrogen and oxygen atoms in total. The molecule has 102 valence electrons. The van der Waals surface area contributed by atoms with Gasteiger partial charge in [0.05, 0.1) is 11.1 Å². The first kappa shape index (κ1) is 12.4. The highest BCUT2D eigenvalue weighted by Crippen LogP contribution is 2.35. The second-order valence-electron chi connectivity index (χ2n) is 4.61. The fourth-order valence-electron chi connectivity index (χ4n) is 2.35. The van der Waals surface area contributed by atoms with Crippen LogP contribution in [-0.4, -0.2) is 15.6 Å². The van der Waals surface area contributed by atoms with Gasteiger partial charge in [0.25, 0.3) is 6.01 Å². The van der Waals surface area contributed by atoms with Crippen LogP contribution in [0.25, 0.3) is 16.6 Å². The van der Waals surface area contributed by atoms with Crippen LogP contribution in [0.5, 0.6) is 5.75 Å². The van der Waals surface area contributed by atoms with E-state index in [-0.39, 0.29) is 16.8 Å². The van der Waals surface area contributed by atoms with Crippen molar-refractivity contribution >= 4 is 22.6 Å². The van der Waals surface area contributed by atoms with Gasteiger partial charge in [-0.15, -0.1) is 0 Å². The number of ether oxygens (including phenoxy) is 1. The SMILES string of the molecule is CC1=C(F)Oc2ccc(C)c3c(=O)c(C(=O)O)cn1c23. The summed E-state index contributed by atoms with van der Waals surface area (Å²) in [5.74, 6) is -1.15. The number of aryl methyl sites for hydroxylation is 1. The van der Waals surface area contributed by atoms with Crippen LogP contribution in [0, 0.1) is 6.92 Å². The molecule has 1 aliphatic rings. The lowest BCUT2D eigenvalue weighted by atomic mass is 10.0. The molecule has 0 amide bonds. The monoisotopic (exact) mass is 275 g/mol. The first-order valence-corrected chi connectivity index (χ1v) is 5.88. The number of allylic oxidation sites excluding steroid dienone is 1. The summed E-state index contributed by atoms with van der Waals surface area (Å²) in [7, 11) is 0. The molecule has 0 saturated carbocycles. The van der Waals surface area contributed by atoms with E-state index >= 15 is 0 Å². The average Bonchev–Trinajstić information content (AvgIpc) is 2.39. The average molecular weight is 275 g/mol. The minimum atomic E-state index is -1.34. The van der Waals surface area contributed by atoms with E-state index in [4.69, 9.17) is 9.84 Å². The summed E-state index contributed by atoms with van der Waals surface area (Å²) < 4.78 is 20.1. The fraction of sp³-hybridized carbons (Fsp3) is 0.143. The standard InChI is InChI=1S/C14H10FNO4/c1-6-3-4-9-11-10(6)12(17)8(14(18)19)5-16(11)7(2)13(15)20-9/h3-5H,1-2H3,(H,18,19). The molecule has 0 unspecified atom stereocenters. The lowest BCUT2D eigenvalue weighted by Crippen LogP contribution is -2.21. The lowest BCUT2D eigenvalue weighted by molar-refractivity contribution is 0.0695. The summed E-state index contributed by atoms with van der Waals surface area (Å²) >= 11 is 0. The molecule has 0 fully saturated rings. The van der Waals surface area contributed by atoms with Gasteiger partial charge < -0.3 is 14.4 Å². The molecule has 6 heteroatoms. The zero-order chi connectivity index (χ0) is 14.6. The van der Waals surface area contributed by atoms with Crippen LogP contribution in [0.15, 0.2) is 29.1 Å². The quantitative estimate of drug-likeness (QED) is 0.868. The predicted octanol–water partition coefficient (Wildman–Crippen LogP) is 2.52. The van der Waals surface area contributed by atoms with Crippen molar-refractivity contribution in [2.45, 2.75) is 13.8 Å². The third-order valence-electron chi connectivity index (χ3n) is 3.40. The molecule has 20 heavy (non-hydrogen) atoms. The smallest absolute Gasteiger partial charge is 0.341 e. The molecule has 0 atom stereocenters. The van der Waals surface area contributed by atoms with Gasteiger partial charge in [-0.05, 0) is 25.5 Å². The Morgan fingerprint density at radius 3 is 2.70 bits per heavy atom. The number of aromatic nitrogens is 1. The van der Waals surface area contributed by atoms with Gasteiger partial charge in [0.2, 0.25) is 5.43 Å². The number of carbonyl (C=O) groups is 1. The topological polar surface area (TPSA) is 68.5 Å². The van der Waals surface area contributed by atoms with Crippen molar-refractivity contribution < 1.29 is 19.0 Å². The van der Waals surface area contributed by atoms with Crippen molar-refractivity contribution in [2.24, 2.45) is 0 Å². The summed E-state index contributed by atoms with van der Waals surface area (Å²) in [5, 5.41) is 9.35. The number of hydrogen-bond donors (Lipinski definition) is 1. The third-order valence-corrected chi connectivity index (χ3v) is 3.40. The highest BCUT2D eigenvalue weighted by molar-refractivity contribution is 5.97. The normalized spacial score (nSPS) is 13.6. The van der Waals surface area contributed by atoms with E-state index in [0.29, 0.717) is 11.1 Å². The third kappa shape index (κ3) is 1.48. The van der Waals surface area contributed by atoms with Crippen LogP contribution < -0.4 is 10.2 Å². The van der Waals surface area contributed by atoms with E-state index in [1.807, 2.05) is 0 Å². The van der Waals surface area contributed by atoms with Gasteiger partial charge >= 0.3 is 5.97 Å². The Hall–Kier alpha value is -2.63. The van der Waals surface area contributed by atoms with Crippen LogP contribution in [0.1, 0.15) is 22.8 Å². The van der Waals surface area contributed by atoms with Crippen molar-refractivity contribution in [1.82, 2.24) is 4.57 Å². The Balaban J connectivity index is 2.61. The van der Waals surface area contributed by atoms with Gasteiger partial charge in [0.1, 0.15) is 11.1 Å². The van der Waals surface area contributed by atoms with Gasteiger partial charge in [0.15, 0.2) is 5.75 Å². The van der Waals surface area contributed by atoms with E-state index in [1.165, 1.54) is 11.5 Å². The lowest BCUT2D eigenvalue weighted by Gasteiger charge is -2.21. The Kier molecular flexibility index (Phi) is 2.44. The Bertz CT molecular complexity index is 864. The van der Waals surface area contributed by atoms with Crippen molar-refractivity contribution in [3.05, 3.63) is 45.7 Å². The maximum Gasteiger partial charge on any atom is 0.341 e. The molecule has 1 aliphatic heterocycles. The van der Waals surface area contributed by atoms with E-state index in [9.17, 15) is 14.0 Å². The molecule has 0 bridgehead atoms. The van der Waals surface area contributed by atoms with Crippen LogP contribution in [0.3, 0.4) is 0 Å². The minimum absolute atomic E-state index is 0.107. The molecule has 0 aliphatic carbocycles. The molecule has 0 spiro atoms. The summed E-state index contributed by atoms with van der Waals surface area (Å²) in [6, 6.07) is 2.34. The summed E-state index contributed by atoms with van der Waals surface area (Å²) in [4.78, 5) is 23.4. The molecule has 1 aromatic heterocycles. The second kappa shape index (κ2) is 3.93. The molecule has 1 aromatic carbocycles. The number of pyridine rings is 1. The number of nitrogens with zero attached hydrogens (tertiary/aromatic N) is 1. The molecule has 2 heterocycles. The number of benzene rings is 1. The van der Waals surface area contributed by atoms with Crippen LogP contribution in [-0.2, 0) is 0 Å². The number of aromatic carboxylic acids is 1. The summed E-state index contributed by atoms with van der Waals surface area (Å²) in [6.07, 6.45) is 1.13. The molecule has 0 radical (unpaired) electrons. The number of halogens is 1. The minimum Gasteiger partial charge on any atom is -0.477 e. The highest BCUT2D eigenvalue weighted by atomic mass is 19.1. The number of hydrogen-bond acceptors (Lipinski definition) is 3. The van der Waals surface area contributed by atoms with Gasteiger partial charge in [0, 0.05) is 6.20 Å². The molecule has 2 aromatic rings. The van der Waals surface area contributed by atoms with Crippen molar-refractivity contribution in [3.63, 3.8) is 0 Å². The molecular formula is C14H10FNO4. The van der Waals surface area contributed by atoms with Crippen molar-refractivity contribution in [2.75, 3.05) is 0 Å². The largest absolute Gasteiger partial charge is 0.477 e. The number of carboxylic acid groups (broad SMARTS) is 1. The molecule has 3 rings (SSSR count). The first-order chi connectivity index (χ1) is 9.41. The Morgan fingerprint density at radius 2 is 2.05 bits per heavy atom. The van der Waals surface area contributed by atoms with Gasteiger partial charge in [-0.3, -0.25) is 4.79 Å². The second-order valence-corrected chi connectivity index (χ2v) is 4.61. The van der Waals surface area contributed by atoms with E-state index < -0.39 is 23.0 Å². The van der Waals surface area contributed by atoms with Crippen LogP contribution in [0.2, 0.25) is 0 Å². The summed E-state index contributed by atoms with van der Waals surface area (Å²) in [6.45, 7) is 3.15. The van der Waals surface area contributed by atoms with Crippen LogP contribution in [0.4, 0.5) is 4.39 Å². The van der Waals surface area contributed by atoms with E-state index in [1.54, 1.807) is 19.1 Å². The summed E-state index contributed by atoms with van der Waals surface area (Å²) in [5.41, 5.74) is 0.118. The number of carboxylic acids is 1.